The Morgan fingerprint density at radius 3 is 2.50 bits per heavy atom. The van der Waals surface area contributed by atoms with Crippen LogP contribution < -0.4 is 11.1 Å². The van der Waals surface area contributed by atoms with Crippen LogP contribution >= 0.6 is 0 Å². The number of hydrogen-bond acceptors (Lipinski definition) is 2. The largest absolute Gasteiger partial charge is 0.356 e. The molecule has 0 fully saturated rings. The van der Waals surface area contributed by atoms with Gasteiger partial charge in [0.2, 0.25) is 5.91 Å². The second-order valence-electron chi connectivity index (χ2n) is 5.80. The number of benzene rings is 1. The van der Waals surface area contributed by atoms with Crippen LogP contribution in [0.1, 0.15) is 57.6 Å². The van der Waals surface area contributed by atoms with Crippen molar-refractivity contribution in [1.82, 2.24) is 5.32 Å². The zero-order valence-corrected chi connectivity index (χ0v) is 12.8. The fraction of sp³-hybridized carbons (Fsp3) is 0.588. The molecule has 1 amide bonds. The van der Waals surface area contributed by atoms with Crippen LogP contribution in [0.5, 0.6) is 0 Å². The molecule has 0 aliphatic carbocycles. The molecular weight excluding hydrogens is 248 g/mol. The van der Waals surface area contributed by atoms with E-state index in [4.69, 9.17) is 5.73 Å². The SMILES string of the molecule is CC(C)CCCCNC(=O)CCC(N)c1ccccc1. The van der Waals surface area contributed by atoms with E-state index in [1.54, 1.807) is 0 Å². The summed E-state index contributed by atoms with van der Waals surface area (Å²) >= 11 is 0. The van der Waals surface area contributed by atoms with Crippen molar-refractivity contribution in [3.8, 4) is 0 Å². The lowest BCUT2D eigenvalue weighted by Crippen LogP contribution is -2.25. The molecule has 0 heterocycles. The Kier molecular flexibility index (Phi) is 7.97. The van der Waals surface area contributed by atoms with Crippen molar-refractivity contribution in [3.63, 3.8) is 0 Å². The first kappa shape index (κ1) is 16.7. The van der Waals surface area contributed by atoms with Crippen LogP contribution in [-0.2, 0) is 4.79 Å². The van der Waals surface area contributed by atoms with Crippen molar-refractivity contribution in [2.75, 3.05) is 6.54 Å². The van der Waals surface area contributed by atoms with Gasteiger partial charge in [0, 0.05) is 19.0 Å². The van der Waals surface area contributed by atoms with Gasteiger partial charge in [-0.3, -0.25) is 4.79 Å². The Balaban J connectivity index is 2.11. The Labute approximate surface area is 122 Å². The minimum Gasteiger partial charge on any atom is -0.356 e. The minimum atomic E-state index is -0.0529. The highest BCUT2D eigenvalue weighted by Crippen LogP contribution is 2.14. The molecule has 1 aromatic carbocycles. The molecule has 3 N–H and O–H groups in total. The van der Waals surface area contributed by atoms with Gasteiger partial charge in [0.15, 0.2) is 0 Å². The van der Waals surface area contributed by atoms with Gasteiger partial charge < -0.3 is 11.1 Å². The van der Waals surface area contributed by atoms with Crippen molar-refractivity contribution in [2.45, 2.75) is 52.0 Å². The van der Waals surface area contributed by atoms with Crippen LogP contribution in [0.25, 0.3) is 0 Å². The average molecular weight is 276 g/mol. The minimum absolute atomic E-state index is 0.0529. The molecule has 1 unspecified atom stereocenters. The smallest absolute Gasteiger partial charge is 0.220 e. The van der Waals surface area contributed by atoms with E-state index in [9.17, 15) is 4.79 Å². The molecule has 0 spiro atoms. The van der Waals surface area contributed by atoms with Crippen LogP contribution in [-0.4, -0.2) is 12.5 Å². The second-order valence-corrected chi connectivity index (χ2v) is 5.80. The average Bonchev–Trinajstić information content (AvgIpc) is 2.45. The Morgan fingerprint density at radius 2 is 1.85 bits per heavy atom. The number of unbranched alkanes of at least 4 members (excludes halogenated alkanes) is 1. The summed E-state index contributed by atoms with van der Waals surface area (Å²) in [6, 6.07) is 9.89. The van der Waals surface area contributed by atoms with E-state index in [0.29, 0.717) is 12.8 Å². The lowest BCUT2D eigenvalue weighted by atomic mass is 10.0. The van der Waals surface area contributed by atoms with Gasteiger partial charge >= 0.3 is 0 Å². The van der Waals surface area contributed by atoms with Crippen LogP contribution in [0.4, 0.5) is 0 Å². The van der Waals surface area contributed by atoms with Crippen LogP contribution in [0.3, 0.4) is 0 Å². The number of amides is 1. The zero-order valence-electron chi connectivity index (χ0n) is 12.8. The maximum Gasteiger partial charge on any atom is 0.220 e. The fourth-order valence-electron chi connectivity index (χ4n) is 2.15. The standard InChI is InChI=1S/C17H28N2O/c1-14(2)8-6-7-13-19-17(20)12-11-16(18)15-9-4-3-5-10-15/h3-5,9-10,14,16H,6-8,11-13,18H2,1-2H3,(H,19,20). The molecule has 0 radical (unpaired) electrons. The first-order valence-corrected chi connectivity index (χ1v) is 7.67. The van der Waals surface area contributed by atoms with Crippen molar-refractivity contribution < 1.29 is 4.79 Å². The third-order valence-electron chi connectivity index (χ3n) is 3.44. The number of hydrogen-bond donors (Lipinski definition) is 2. The van der Waals surface area contributed by atoms with Crippen molar-refractivity contribution in [3.05, 3.63) is 35.9 Å². The summed E-state index contributed by atoms with van der Waals surface area (Å²) in [6.45, 7) is 5.24. The number of carbonyl (C=O) groups is 1. The van der Waals surface area contributed by atoms with Crippen molar-refractivity contribution >= 4 is 5.91 Å². The third-order valence-corrected chi connectivity index (χ3v) is 3.44. The highest BCUT2D eigenvalue weighted by atomic mass is 16.1. The topological polar surface area (TPSA) is 55.1 Å². The van der Waals surface area contributed by atoms with Crippen molar-refractivity contribution in [2.24, 2.45) is 11.7 Å². The van der Waals surface area contributed by atoms with Gasteiger partial charge in [-0.25, -0.2) is 0 Å². The molecule has 0 aliphatic rings. The third kappa shape index (κ3) is 7.29. The van der Waals surface area contributed by atoms with E-state index in [1.807, 2.05) is 30.3 Å². The van der Waals surface area contributed by atoms with E-state index in [-0.39, 0.29) is 11.9 Å². The van der Waals surface area contributed by atoms with Gasteiger partial charge in [0.25, 0.3) is 0 Å². The van der Waals surface area contributed by atoms with Gasteiger partial charge in [-0.15, -0.1) is 0 Å². The molecule has 1 rings (SSSR count). The van der Waals surface area contributed by atoms with Crippen LogP contribution in [0.15, 0.2) is 30.3 Å². The molecule has 20 heavy (non-hydrogen) atoms. The first-order valence-electron chi connectivity index (χ1n) is 7.67. The lowest BCUT2D eigenvalue weighted by Gasteiger charge is -2.12. The van der Waals surface area contributed by atoms with E-state index < -0.39 is 0 Å². The summed E-state index contributed by atoms with van der Waals surface area (Å²) in [5.41, 5.74) is 7.17. The molecule has 112 valence electrons. The van der Waals surface area contributed by atoms with E-state index >= 15 is 0 Å². The summed E-state index contributed by atoms with van der Waals surface area (Å²) in [5, 5.41) is 2.97. The number of nitrogens with two attached hydrogens (primary N) is 1. The first-order chi connectivity index (χ1) is 9.59. The predicted octanol–water partition coefficient (Wildman–Crippen LogP) is 3.41. The van der Waals surface area contributed by atoms with Crippen LogP contribution in [0.2, 0.25) is 0 Å². The van der Waals surface area contributed by atoms with Crippen LogP contribution in [0, 0.1) is 5.92 Å². The highest BCUT2D eigenvalue weighted by Gasteiger charge is 2.08. The Hall–Kier alpha value is -1.35. The number of carbonyl (C=O) groups excluding carboxylic acids is 1. The highest BCUT2D eigenvalue weighted by molar-refractivity contribution is 5.75. The lowest BCUT2D eigenvalue weighted by molar-refractivity contribution is -0.121. The Bertz CT molecular complexity index is 376. The van der Waals surface area contributed by atoms with E-state index in [0.717, 1.165) is 24.4 Å². The molecule has 0 saturated heterocycles. The van der Waals surface area contributed by atoms with Gasteiger partial charge in [0.1, 0.15) is 0 Å². The Morgan fingerprint density at radius 1 is 1.15 bits per heavy atom. The second kappa shape index (κ2) is 9.54. The molecule has 3 heteroatoms. The van der Waals surface area contributed by atoms with Gasteiger partial charge in [0.05, 0.1) is 0 Å². The number of nitrogens with one attached hydrogen (secondary N) is 1. The van der Waals surface area contributed by atoms with Gasteiger partial charge in [-0.05, 0) is 24.3 Å². The quantitative estimate of drug-likeness (QED) is 0.679. The summed E-state index contributed by atoms with van der Waals surface area (Å²) in [7, 11) is 0. The van der Waals surface area contributed by atoms with E-state index in [2.05, 4.69) is 19.2 Å². The van der Waals surface area contributed by atoms with E-state index in [1.165, 1.54) is 12.8 Å². The van der Waals surface area contributed by atoms with Gasteiger partial charge in [-0.1, -0.05) is 57.0 Å². The molecule has 3 nitrogen and oxygen atoms in total. The molecule has 0 aliphatic heterocycles. The summed E-state index contributed by atoms with van der Waals surface area (Å²) in [5.74, 6) is 0.857. The molecule has 0 saturated carbocycles. The van der Waals surface area contributed by atoms with Gasteiger partial charge in [-0.2, -0.15) is 0 Å². The predicted molar refractivity (Wildman–Crippen MR) is 84.3 cm³/mol. The summed E-state index contributed by atoms with van der Waals surface area (Å²) in [4.78, 5) is 11.7. The maximum absolute atomic E-state index is 11.7. The summed E-state index contributed by atoms with van der Waals surface area (Å²) < 4.78 is 0. The zero-order chi connectivity index (χ0) is 14.8. The summed E-state index contributed by atoms with van der Waals surface area (Å²) in [6.07, 6.45) is 4.67. The normalized spacial score (nSPS) is 12.4. The molecule has 0 bridgehead atoms. The molecular formula is C17H28N2O. The molecule has 1 aromatic rings. The fourth-order valence-corrected chi connectivity index (χ4v) is 2.15. The molecule has 1 atom stereocenters. The molecule has 0 aromatic heterocycles. The van der Waals surface area contributed by atoms with Crippen molar-refractivity contribution in [1.29, 1.82) is 0 Å². The monoisotopic (exact) mass is 276 g/mol. The number of rotatable bonds is 9. The maximum atomic E-state index is 11.7.